The molecule has 96 valence electrons. The van der Waals surface area contributed by atoms with Gasteiger partial charge < -0.3 is 10.8 Å². The fourth-order valence-corrected chi connectivity index (χ4v) is 3.16. The summed E-state index contributed by atoms with van der Waals surface area (Å²) in [6.45, 7) is 0. The number of hydrogen-bond donors (Lipinski definition) is 2. The molecular weight excluding hydrogens is 280 g/mol. The third-order valence-corrected chi connectivity index (χ3v) is 3.97. The van der Waals surface area contributed by atoms with E-state index in [1.165, 1.54) is 11.3 Å². The first-order valence-electron chi connectivity index (χ1n) is 5.73. The third kappa shape index (κ3) is 2.30. The molecule has 3 nitrogen and oxygen atoms in total. The van der Waals surface area contributed by atoms with E-state index in [0.717, 1.165) is 10.3 Å². The fourth-order valence-electron chi connectivity index (χ4n) is 2.06. The smallest absolute Gasteiger partial charge is 0.181 e. The van der Waals surface area contributed by atoms with Crippen molar-refractivity contribution in [3.8, 4) is 0 Å². The Morgan fingerprint density at radius 1 is 1.21 bits per heavy atom. The predicted octanol–water partition coefficient (Wildman–Crippen LogP) is 3.61. The number of aliphatic hydroxyl groups is 1. The lowest BCUT2D eigenvalue weighted by molar-refractivity contribution is 0.221. The maximum atomic E-state index is 10.5. The molecule has 1 heterocycles. The largest absolute Gasteiger partial charge is 0.384 e. The highest BCUT2D eigenvalue weighted by molar-refractivity contribution is 7.22. The Kier molecular flexibility index (Phi) is 3.14. The molecule has 3 aromatic rings. The lowest BCUT2D eigenvalue weighted by Gasteiger charge is -2.12. The molecule has 0 amide bonds. The van der Waals surface area contributed by atoms with E-state index in [4.69, 9.17) is 17.3 Å². The minimum absolute atomic E-state index is 0.471. The summed E-state index contributed by atoms with van der Waals surface area (Å²) in [5, 5.41) is 11.5. The van der Waals surface area contributed by atoms with Gasteiger partial charge in [0.25, 0.3) is 0 Å². The minimum atomic E-state index is -0.760. The molecule has 1 unspecified atom stereocenters. The number of fused-ring (bicyclic) bond motifs is 1. The van der Waals surface area contributed by atoms with Crippen molar-refractivity contribution in [3.63, 3.8) is 0 Å². The van der Waals surface area contributed by atoms with E-state index in [-0.39, 0.29) is 0 Å². The second kappa shape index (κ2) is 4.81. The molecule has 1 aromatic heterocycles. The molecule has 0 aliphatic carbocycles. The van der Waals surface area contributed by atoms with Gasteiger partial charge in [0.2, 0.25) is 0 Å². The summed E-state index contributed by atoms with van der Waals surface area (Å²) in [6, 6.07) is 13.0. The zero-order chi connectivity index (χ0) is 13.4. The number of halogens is 1. The maximum Gasteiger partial charge on any atom is 0.181 e. The second-order valence-electron chi connectivity index (χ2n) is 4.21. The van der Waals surface area contributed by atoms with Crippen molar-refractivity contribution >= 4 is 38.3 Å². The summed E-state index contributed by atoms with van der Waals surface area (Å²) in [5.74, 6) is 0. The van der Waals surface area contributed by atoms with Gasteiger partial charge in [0.05, 0.1) is 10.2 Å². The molecule has 5 heteroatoms. The van der Waals surface area contributed by atoms with Crippen LogP contribution in [0.3, 0.4) is 0 Å². The van der Waals surface area contributed by atoms with Crippen LogP contribution in [0.4, 0.5) is 5.13 Å². The van der Waals surface area contributed by atoms with Crippen molar-refractivity contribution < 1.29 is 5.11 Å². The minimum Gasteiger partial charge on any atom is -0.384 e. The normalized spacial score (nSPS) is 12.7. The molecule has 2 aromatic carbocycles. The van der Waals surface area contributed by atoms with Gasteiger partial charge in [0, 0.05) is 10.6 Å². The Balaban J connectivity index is 2.19. The molecule has 19 heavy (non-hydrogen) atoms. The van der Waals surface area contributed by atoms with Gasteiger partial charge >= 0.3 is 0 Å². The number of aliphatic hydroxyl groups excluding tert-OH is 1. The summed E-state index contributed by atoms with van der Waals surface area (Å²) in [5.41, 5.74) is 7.93. The monoisotopic (exact) mass is 290 g/mol. The van der Waals surface area contributed by atoms with E-state index in [1.54, 1.807) is 6.07 Å². The number of benzene rings is 2. The van der Waals surface area contributed by atoms with Crippen molar-refractivity contribution in [1.29, 1.82) is 0 Å². The highest BCUT2D eigenvalue weighted by atomic mass is 35.5. The van der Waals surface area contributed by atoms with Gasteiger partial charge in [-0.05, 0) is 17.7 Å². The highest BCUT2D eigenvalue weighted by Gasteiger charge is 2.17. The molecule has 0 aliphatic rings. The number of nitrogen functional groups attached to an aromatic ring is 1. The van der Waals surface area contributed by atoms with Crippen LogP contribution in [-0.2, 0) is 0 Å². The van der Waals surface area contributed by atoms with Crippen molar-refractivity contribution in [1.82, 2.24) is 4.98 Å². The van der Waals surface area contributed by atoms with Gasteiger partial charge in [-0.3, -0.25) is 0 Å². The Bertz CT molecular complexity index is 727. The Hall–Kier alpha value is -1.62. The number of anilines is 1. The number of thiazole rings is 1. The third-order valence-electron chi connectivity index (χ3n) is 2.92. The quantitative estimate of drug-likeness (QED) is 0.758. The molecule has 0 aliphatic heterocycles. The molecule has 0 saturated carbocycles. The molecule has 3 N–H and O–H groups in total. The van der Waals surface area contributed by atoms with E-state index in [2.05, 4.69) is 4.98 Å². The molecule has 3 rings (SSSR count). The lowest BCUT2D eigenvalue weighted by Crippen LogP contribution is -2.00. The summed E-state index contributed by atoms with van der Waals surface area (Å²) in [6.07, 6.45) is -0.760. The molecular formula is C14H11ClN2OS. The first-order valence-corrected chi connectivity index (χ1v) is 6.93. The molecule has 1 atom stereocenters. The summed E-state index contributed by atoms with van der Waals surface area (Å²) in [4.78, 5) is 4.28. The summed E-state index contributed by atoms with van der Waals surface area (Å²) in [7, 11) is 0. The number of hydrogen-bond acceptors (Lipinski definition) is 4. The summed E-state index contributed by atoms with van der Waals surface area (Å²) >= 11 is 7.46. The Morgan fingerprint density at radius 3 is 2.68 bits per heavy atom. The highest BCUT2D eigenvalue weighted by Crippen LogP contribution is 2.35. The van der Waals surface area contributed by atoms with Gasteiger partial charge in [-0.1, -0.05) is 53.3 Å². The zero-order valence-corrected chi connectivity index (χ0v) is 11.4. The molecule has 0 spiro atoms. The van der Waals surface area contributed by atoms with Crippen molar-refractivity contribution in [3.05, 3.63) is 58.6 Å². The fraction of sp³-hybridized carbons (Fsp3) is 0.0714. The van der Waals surface area contributed by atoms with Gasteiger partial charge in [-0.2, -0.15) is 0 Å². The maximum absolute atomic E-state index is 10.5. The van der Waals surface area contributed by atoms with Crippen molar-refractivity contribution in [2.24, 2.45) is 0 Å². The molecule has 0 fully saturated rings. The van der Waals surface area contributed by atoms with Gasteiger partial charge in [0.1, 0.15) is 6.10 Å². The van der Waals surface area contributed by atoms with Crippen LogP contribution in [0.5, 0.6) is 0 Å². The average molecular weight is 291 g/mol. The number of nitrogens with zero attached hydrogens (tertiary/aromatic N) is 1. The first kappa shape index (κ1) is 12.4. The SMILES string of the molecule is Nc1nc2c(C(O)c3ccccc3)cc(Cl)cc2s1. The van der Waals surface area contributed by atoms with Crippen LogP contribution in [0.2, 0.25) is 5.02 Å². The van der Waals surface area contributed by atoms with Crippen LogP contribution in [0, 0.1) is 0 Å². The van der Waals surface area contributed by atoms with Crippen molar-refractivity contribution in [2.75, 3.05) is 5.73 Å². The van der Waals surface area contributed by atoms with Crippen molar-refractivity contribution in [2.45, 2.75) is 6.10 Å². The molecule has 0 bridgehead atoms. The van der Waals surface area contributed by atoms with Crippen LogP contribution in [-0.4, -0.2) is 10.1 Å². The van der Waals surface area contributed by atoms with Crippen LogP contribution in [0.25, 0.3) is 10.2 Å². The molecule has 0 saturated heterocycles. The first-order chi connectivity index (χ1) is 9.15. The zero-order valence-electron chi connectivity index (χ0n) is 9.88. The van der Waals surface area contributed by atoms with E-state index in [0.29, 0.717) is 21.2 Å². The van der Waals surface area contributed by atoms with E-state index < -0.39 is 6.10 Å². The van der Waals surface area contributed by atoms with Gasteiger partial charge in [0.15, 0.2) is 5.13 Å². The Labute approximate surface area is 119 Å². The van der Waals surface area contributed by atoms with Crippen LogP contribution in [0.15, 0.2) is 42.5 Å². The lowest BCUT2D eigenvalue weighted by atomic mass is 10.0. The number of aromatic nitrogens is 1. The topological polar surface area (TPSA) is 59.1 Å². The summed E-state index contributed by atoms with van der Waals surface area (Å²) < 4.78 is 0.884. The number of nitrogens with two attached hydrogens (primary N) is 1. The molecule has 0 radical (unpaired) electrons. The van der Waals surface area contributed by atoms with Gasteiger partial charge in [-0.15, -0.1) is 0 Å². The van der Waals surface area contributed by atoms with Crippen LogP contribution in [0.1, 0.15) is 17.2 Å². The van der Waals surface area contributed by atoms with Crippen LogP contribution >= 0.6 is 22.9 Å². The van der Waals surface area contributed by atoms with Crippen LogP contribution < -0.4 is 5.73 Å². The van der Waals surface area contributed by atoms with E-state index in [1.807, 2.05) is 36.4 Å². The average Bonchev–Trinajstić information content (AvgIpc) is 2.78. The number of rotatable bonds is 2. The van der Waals surface area contributed by atoms with E-state index >= 15 is 0 Å². The van der Waals surface area contributed by atoms with Gasteiger partial charge in [-0.25, -0.2) is 4.98 Å². The second-order valence-corrected chi connectivity index (χ2v) is 5.71. The predicted molar refractivity (Wildman–Crippen MR) is 79.5 cm³/mol. The standard InChI is InChI=1S/C14H11ClN2OS/c15-9-6-10(12-11(7-9)19-14(16)17-12)13(18)8-4-2-1-3-5-8/h1-7,13,18H,(H2,16,17). The van der Waals surface area contributed by atoms with E-state index in [9.17, 15) is 5.11 Å². The Morgan fingerprint density at radius 2 is 1.95 bits per heavy atom.